The van der Waals surface area contributed by atoms with Gasteiger partial charge < -0.3 is 5.11 Å². The summed E-state index contributed by atoms with van der Waals surface area (Å²) in [5.74, 6) is -0.921. The van der Waals surface area contributed by atoms with Crippen molar-refractivity contribution in [2.24, 2.45) is 0 Å². The average molecular weight is 333 g/mol. The first-order valence-electron chi connectivity index (χ1n) is 9.67. The zero-order valence-electron chi connectivity index (χ0n) is 15.5. The van der Waals surface area contributed by atoms with Crippen LogP contribution in [0.2, 0.25) is 0 Å². The van der Waals surface area contributed by atoms with Gasteiger partial charge in [0.15, 0.2) is 0 Å². The largest absolute Gasteiger partial charge is 0.478 e. The van der Waals surface area contributed by atoms with Gasteiger partial charge in [0.1, 0.15) is 0 Å². The Morgan fingerprint density at radius 1 is 0.667 bits per heavy atom. The molecular weight excluding hydrogens is 296 g/mol. The number of carboxylic acids is 1. The van der Waals surface area contributed by atoms with Gasteiger partial charge in [-0.15, -0.1) is 0 Å². The summed E-state index contributed by atoms with van der Waals surface area (Å²) in [7, 11) is 0. The Morgan fingerprint density at radius 3 is 1.67 bits per heavy atom. The van der Waals surface area contributed by atoms with Crippen molar-refractivity contribution in [3.8, 4) is 0 Å². The van der Waals surface area contributed by atoms with Crippen molar-refractivity contribution in [2.75, 3.05) is 0 Å². The molecule has 2 nitrogen and oxygen atoms in total. The Morgan fingerprint density at radius 2 is 1.12 bits per heavy atom. The van der Waals surface area contributed by atoms with Crippen LogP contribution >= 0.6 is 0 Å². The van der Waals surface area contributed by atoms with Crippen LogP contribution in [0.25, 0.3) is 0 Å². The third-order valence-corrected chi connectivity index (χ3v) is 3.90. The lowest BCUT2D eigenvalue weighted by Crippen LogP contribution is -1.84. The van der Waals surface area contributed by atoms with Crippen LogP contribution in [-0.4, -0.2) is 11.1 Å². The van der Waals surface area contributed by atoms with E-state index in [1.807, 2.05) is 18.2 Å². The van der Waals surface area contributed by atoms with Crippen LogP contribution in [0.1, 0.15) is 84.0 Å². The lowest BCUT2D eigenvalue weighted by molar-refractivity contribution is -0.131. The highest BCUT2D eigenvalue weighted by Crippen LogP contribution is 2.11. The van der Waals surface area contributed by atoms with Gasteiger partial charge in [-0.2, -0.15) is 0 Å². The van der Waals surface area contributed by atoms with Gasteiger partial charge in [0.2, 0.25) is 0 Å². The van der Waals surface area contributed by atoms with E-state index in [0.29, 0.717) is 0 Å². The van der Waals surface area contributed by atoms with Crippen LogP contribution in [0.5, 0.6) is 0 Å². The molecule has 2 heteroatoms. The van der Waals surface area contributed by atoms with E-state index in [0.717, 1.165) is 12.5 Å². The lowest BCUT2D eigenvalue weighted by Gasteiger charge is -2.01. The number of rotatable bonds is 16. The Balaban J connectivity index is 3.30. The average Bonchev–Trinajstić information content (AvgIpc) is 2.56. The third kappa shape index (κ3) is 20.4. The SMILES string of the molecule is CCCCCCCCCCCCCC=CC=CC=CC=CC(=O)O. The Labute approximate surface area is 149 Å². The smallest absolute Gasteiger partial charge is 0.328 e. The molecule has 0 fully saturated rings. The lowest BCUT2D eigenvalue weighted by atomic mass is 10.1. The summed E-state index contributed by atoms with van der Waals surface area (Å²) in [5, 5.41) is 8.41. The maximum atomic E-state index is 10.2. The van der Waals surface area contributed by atoms with E-state index >= 15 is 0 Å². The molecule has 0 amide bonds. The first-order chi connectivity index (χ1) is 11.8. The van der Waals surface area contributed by atoms with Gasteiger partial charge in [0.25, 0.3) is 0 Å². The van der Waals surface area contributed by atoms with E-state index < -0.39 is 5.97 Å². The second-order valence-electron chi connectivity index (χ2n) is 6.22. The molecule has 0 aromatic rings. The van der Waals surface area contributed by atoms with Crippen LogP contribution in [0.4, 0.5) is 0 Å². The normalized spacial score (nSPS) is 12.4. The highest BCUT2D eigenvalue weighted by Gasteiger charge is 1.92. The van der Waals surface area contributed by atoms with Crippen molar-refractivity contribution >= 4 is 5.97 Å². The van der Waals surface area contributed by atoms with E-state index in [4.69, 9.17) is 5.11 Å². The van der Waals surface area contributed by atoms with E-state index in [2.05, 4.69) is 19.1 Å². The maximum absolute atomic E-state index is 10.2. The molecule has 0 aliphatic carbocycles. The summed E-state index contributed by atoms with van der Waals surface area (Å²) in [4.78, 5) is 10.2. The molecule has 0 unspecified atom stereocenters. The predicted molar refractivity (Wildman–Crippen MR) is 105 cm³/mol. The minimum Gasteiger partial charge on any atom is -0.478 e. The van der Waals surface area contributed by atoms with Crippen molar-refractivity contribution in [2.45, 2.75) is 84.0 Å². The fourth-order valence-electron chi connectivity index (χ4n) is 2.50. The summed E-state index contributed by atoms with van der Waals surface area (Å²) in [5.41, 5.74) is 0. The molecule has 0 rings (SSSR count). The molecular formula is C22H36O2. The zero-order valence-corrected chi connectivity index (χ0v) is 15.5. The number of hydrogen-bond donors (Lipinski definition) is 1. The number of aliphatic carboxylic acids is 1. The van der Waals surface area contributed by atoms with Gasteiger partial charge in [0, 0.05) is 6.08 Å². The van der Waals surface area contributed by atoms with Crippen LogP contribution in [0, 0.1) is 0 Å². The van der Waals surface area contributed by atoms with Gasteiger partial charge in [-0.1, -0.05) is 114 Å². The molecule has 24 heavy (non-hydrogen) atoms. The Bertz CT molecular complexity index is 389. The Hall–Kier alpha value is -1.57. The van der Waals surface area contributed by atoms with Crippen molar-refractivity contribution in [3.05, 3.63) is 48.6 Å². The molecule has 0 aliphatic rings. The number of allylic oxidation sites excluding steroid dienone is 7. The standard InChI is InChI=1S/C22H36O2/c1-2-3-4-5-6-7-8-9-10-11-12-13-14-15-16-17-18-19-20-21-22(23)24/h14-21H,2-13H2,1H3,(H,23,24). The number of carbonyl (C=O) groups is 1. The second-order valence-corrected chi connectivity index (χ2v) is 6.22. The molecule has 0 aromatic heterocycles. The fraction of sp³-hybridized carbons (Fsp3) is 0.591. The molecule has 0 atom stereocenters. The van der Waals surface area contributed by atoms with Gasteiger partial charge in [-0.05, 0) is 12.8 Å². The van der Waals surface area contributed by atoms with E-state index in [1.165, 1.54) is 76.7 Å². The minimum atomic E-state index is -0.921. The molecule has 1 N–H and O–H groups in total. The van der Waals surface area contributed by atoms with E-state index in [1.54, 1.807) is 6.08 Å². The molecule has 0 spiro atoms. The van der Waals surface area contributed by atoms with Gasteiger partial charge in [0.05, 0.1) is 0 Å². The van der Waals surface area contributed by atoms with E-state index in [-0.39, 0.29) is 0 Å². The molecule has 0 saturated carbocycles. The molecule has 0 saturated heterocycles. The van der Waals surface area contributed by atoms with Gasteiger partial charge >= 0.3 is 5.97 Å². The molecule has 0 heterocycles. The first-order valence-corrected chi connectivity index (χ1v) is 9.67. The molecule has 0 aromatic carbocycles. The highest BCUT2D eigenvalue weighted by molar-refractivity contribution is 5.80. The molecule has 0 radical (unpaired) electrons. The van der Waals surface area contributed by atoms with Crippen molar-refractivity contribution < 1.29 is 9.90 Å². The Kier molecular flexibility index (Phi) is 18.2. The molecule has 0 bridgehead atoms. The number of unbranched alkanes of at least 4 members (excludes halogenated alkanes) is 11. The fourth-order valence-corrected chi connectivity index (χ4v) is 2.50. The van der Waals surface area contributed by atoms with Crippen molar-refractivity contribution in [1.29, 1.82) is 0 Å². The minimum absolute atomic E-state index is 0.921. The predicted octanol–water partition coefficient (Wildman–Crippen LogP) is 7.00. The van der Waals surface area contributed by atoms with Crippen molar-refractivity contribution in [3.63, 3.8) is 0 Å². The van der Waals surface area contributed by atoms with Crippen LogP contribution in [-0.2, 0) is 4.79 Å². The summed E-state index contributed by atoms with van der Waals surface area (Å²) >= 11 is 0. The third-order valence-electron chi connectivity index (χ3n) is 3.90. The second kappa shape index (κ2) is 19.5. The molecule has 136 valence electrons. The summed E-state index contributed by atoms with van der Waals surface area (Å²) < 4.78 is 0. The zero-order chi connectivity index (χ0) is 17.7. The van der Waals surface area contributed by atoms with Crippen LogP contribution in [0.3, 0.4) is 0 Å². The summed E-state index contributed by atoms with van der Waals surface area (Å²) in [6, 6.07) is 0. The number of hydrogen-bond acceptors (Lipinski definition) is 1. The van der Waals surface area contributed by atoms with Crippen LogP contribution in [0.15, 0.2) is 48.6 Å². The monoisotopic (exact) mass is 332 g/mol. The maximum Gasteiger partial charge on any atom is 0.328 e. The van der Waals surface area contributed by atoms with Gasteiger partial charge in [-0.25, -0.2) is 4.79 Å². The van der Waals surface area contributed by atoms with E-state index in [9.17, 15) is 4.79 Å². The summed E-state index contributed by atoms with van der Waals surface area (Å²) in [6.45, 7) is 2.27. The number of carboxylic acid groups (broad SMARTS) is 1. The molecule has 0 aliphatic heterocycles. The quantitative estimate of drug-likeness (QED) is 0.188. The van der Waals surface area contributed by atoms with Crippen LogP contribution < -0.4 is 0 Å². The first kappa shape index (κ1) is 22.4. The summed E-state index contributed by atoms with van der Waals surface area (Å²) in [6.07, 6.45) is 30.7. The highest BCUT2D eigenvalue weighted by atomic mass is 16.4. The van der Waals surface area contributed by atoms with Crippen molar-refractivity contribution in [1.82, 2.24) is 0 Å². The topological polar surface area (TPSA) is 37.3 Å². The van der Waals surface area contributed by atoms with Gasteiger partial charge in [-0.3, -0.25) is 0 Å².